The molecule has 3 aromatic rings. The van der Waals surface area contributed by atoms with Crippen LogP contribution in [0.25, 0.3) is 10.9 Å². The van der Waals surface area contributed by atoms with Crippen LogP contribution in [0.3, 0.4) is 0 Å². The van der Waals surface area contributed by atoms with E-state index < -0.39 is 10.0 Å². The molecule has 2 aromatic heterocycles. The second-order valence-electron chi connectivity index (χ2n) is 6.10. The Balaban J connectivity index is 1.58. The van der Waals surface area contributed by atoms with Crippen LogP contribution in [0.1, 0.15) is 17.7 Å². The molecule has 0 radical (unpaired) electrons. The van der Waals surface area contributed by atoms with Gasteiger partial charge in [-0.2, -0.15) is 4.31 Å². The highest BCUT2D eigenvalue weighted by Crippen LogP contribution is 2.25. The molecule has 1 aliphatic rings. The summed E-state index contributed by atoms with van der Waals surface area (Å²) in [5.41, 5.74) is 0.788. The minimum atomic E-state index is -3.39. The monoisotopic (exact) mass is 373 g/mol. The predicted molar refractivity (Wildman–Crippen MR) is 101 cm³/mol. The van der Waals surface area contributed by atoms with E-state index in [-0.39, 0.29) is 0 Å². The van der Waals surface area contributed by atoms with Gasteiger partial charge in [0.15, 0.2) is 0 Å². The Morgan fingerprint density at radius 3 is 2.72 bits per heavy atom. The maximum absolute atomic E-state index is 12.7. The second-order valence-corrected chi connectivity index (χ2v) is 9.07. The number of nitrogens with zero attached hydrogens (tertiary/aromatic N) is 2. The Kier molecular flexibility index (Phi) is 4.45. The lowest BCUT2D eigenvalue weighted by molar-refractivity contribution is 0.477. The summed E-state index contributed by atoms with van der Waals surface area (Å²) >= 11 is 1.70. The molecule has 3 heterocycles. The first kappa shape index (κ1) is 16.5. The van der Waals surface area contributed by atoms with Gasteiger partial charge in [-0.15, -0.1) is 11.3 Å². The Hall–Kier alpha value is -1.96. The number of aromatic nitrogens is 1. The lowest BCUT2D eigenvalue weighted by Crippen LogP contribution is -2.27. The van der Waals surface area contributed by atoms with Gasteiger partial charge < -0.3 is 5.32 Å². The third kappa shape index (κ3) is 3.40. The van der Waals surface area contributed by atoms with Gasteiger partial charge in [-0.3, -0.25) is 0 Å². The summed E-state index contributed by atoms with van der Waals surface area (Å²) in [4.78, 5) is 6.17. The number of hydrogen-bond donors (Lipinski definition) is 1. The second kappa shape index (κ2) is 6.74. The van der Waals surface area contributed by atoms with Gasteiger partial charge in [0.25, 0.3) is 0 Å². The van der Waals surface area contributed by atoms with Gasteiger partial charge in [0.1, 0.15) is 5.82 Å². The number of hydrogen-bond acceptors (Lipinski definition) is 5. The zero-order valence-corrected chi connectivity index (χ0v) is 15.3. The van der Waals surface area contributed by atoms with Crippen LogP contribution in [0.15, 0.2) is 52.7 Å². The molecule has 5 nitrogen and oxygen atoms in total. The van der Waals surface area contributed by atoms with E-state index in [0.717, 1.165) is 36.1 Å². The first-order valence-corrected chi connectivity index (χ1v) is 10.6. The fraction of sp³-hybridized carbons (Fsp3) is 0.278. The van der Waals surface area contributed by atoms with E-state index in [2.05, 4.69) is 16.4 Å². The normalized spacial score (nSPS) is 15.7. The molecule has 0 amide bonds. The summed E-state index contributed by atoms with van der Waals surface area (Å²) in [6.45, 7) is 1.96. The highest BCUT2D eigenvalue weighted by molar-refractivity contribution is 7.89. The van der Waals surface area contributed by atoms with E-state index in [1.165, 1.54) is 4.88 Å². The lowest BCUT2D eigenvalue weighted by Gasteiger charge is -2.15. The van der Waals surface area contributed by atoms with Gasteiger partial charge in [-0.05, 0) is 54.6 Å². The Bertz CT molecular complexity index is 979. The number of benzene rings is 1. The zero-order chi connectivity index (χ0) is 17.3. The Morgan fingerprint density at radius 1 is 1.12 bits per heavy atom. The predicted octanol–water partition coefficient (Wildman–Crippen LogP) is 3.69. The average molecular weight is 374 g/mol. The van der Waals surface area contributed by atoms with Gasteiger partial charge in [-0.1, -0.05) is 6.07 Å². The molecule has 0 bridgehead atoms. The van der Waals surface area contributed by atoms with Crippen LogP contribution in [0, 0.1) is 0 Å². The average Bonchev–Trinajstić information content (AvgIpc) is 3.33. The molecule has 1 saturated heterocycles. The van der Waals surface area contributed by atoms with Crippen molar-refractivity contribution in [1.82, 2.24) is 9.29 Å². The van der Waals surface area contributed by atoms with Crippen molar-refractivity contribution in [1.29, 1.82) is 0 Å². The van der Waals surface area contributed by atoms with Crippen LogP contribution in [-0.2, 0) is 16.6 Å². The molecule has 1 aliphatic heterocycles. The SMILES string of the molecule is O=S(=O)(c1ccc2nc(NCc3cccs3)ccc2c1)N1CCCC1. The van der Waals surface area contributed by atoms with Crippen LogP contribution in [0.2, 0.25) is 0 Å². The fourth-order valence-electron chi connectivity index (χ4n) is 3.03. The molecular weight excluding hydrogens is 354 g/mol. The third-order valence-corrected chi connectivity index (χ3v) is 7.16. The first-order valence-electron chi connectivity index (χ1n) is 8.30. The largest absolute Gasteiger partial charge is 0.365 e. The molecule has 4 rings (SSSR count). The summed E-state index contributed by atoms with van der Waals surface area (Å²) in [5, 5.41) is 6.19. The number of rotatable bonds is 5. The van der Waals surface area contributed by atoms with Gasteiger partial charge >= 0.3 is 0 Å². The smallest absolute Gasteiger partial charge is 0.243 e. The molecule has 0 saturated carbocycles. The summed E-state index contributed by atoms with van der Waals surface area (Å²) in [6.07, 6.45) is 1.88. The molecule has 1 fully saturated rings. The molecule has 0 spiro atoms. The van der Waals surface area contributed by atoms with Crippen molar-refractivity contribution in [2.75, 3.05) is 18.4 Å². The van der Waals surface area contributed by atoms with E-state index in [0.29, 0.717) is 18.0 Å². The van der Waals surface area contributed by atoms with Crippen molar-refractivity contribution in [3.05, 3.63) is 52.7 Å². The van der Waals surface area contributed by atoms with Crippen molar-refractivity contribution in [3.63, 3.8) is 0 Å². The quantitative estimate of drug-likeness (QED) is 0.741. The van der Waals surface area contributed by atoms with Crippen molar-refractivity contribution in [3.8, 4) is 0 Å². The summed E-state index contributed by atoms with van der Waals surface area (Å²) < 4.78 is 26.9. The fourth-order valence-corrected chi connectivity index (χ4v) is 5.23. The van der Waals surface area contributed by atoms with E-state index in [1.807, 2.05) is 23.6 Å². The van der Waals surface area contributed by atoms with E-state index in [4.69, 9.17) is 0 Å². The molecule has 1 N–H and O–H groups in total. The highest BCUT2D eigenvalue weighted by atomic mass is 32.2. The van der Waals surface area contributed by atoms with Crippen LogP contribution in [0.5, 0.6) is 0 Å². The topological polar surface area (TPSA) is 62.3 Å². The molecule has 130 valence electrons. The van der Waals surface area contributed by atoms with Crippen LogP contribution < -0.4 is 5.32 Å². The summed E-state index contributed by atoms with van der Waals surface area (Å²) in [7, 11) is -3.39. The van der Waals surface area contributed by atoms with Crippen LogP contribution >= 0.6 is 11.3 Å². The zero-order valence-electron chi connectivity index (χ0n) is 13.7. The standard InChI is InChI=1S/C18H19N3O2S2/c22-25(23,21-9-1-2-10-21)16-6-7-17-14(12-16)5-8-18(20-17)19-13-15-4-3-11-24-15/h3-8,11-12H,1-2,9-10,13H2,(H,19,20). The molecule has 0 atom stereocenters. The van der Waals surface area contributed by atoms with Gasteiger partial charge in [0.05, 0.1) is 17.0 Å². The number of thiophene rings is 1. The van der Waals surface area contributed by atoms with E-state index in [1.54, 1.807) is 33.8 Å². The number of pyridine rings is 1. The Morgan fingerprint density at radius 2 is 1.96 bits per heavy atom. The van der Waals surface area contributed by atoms with Crippen molar-refractivity contribution in [2.45, 2.75) is 24.3 Å². The maximum atomic E-state index is 12.7. The van der Waals surface area contributed by atoms with Crippen molar-refractivity contribution >= 4 is 38.1 Å². The van der Waals surface area contributed by atoms with Crippen molar-refractivity contribution < 1.29 is 8.42 Å². The molecule has 25 heavy (non-hydrogen) atoms. The summed E-state index contributed by atoms with van der Waals surface area (Å²) in [6, 6.07) is 13.1. The van der Waals surface area contributed by atoms with Gasteiger partial charge in [0, 0.05) is 23.4 Å². The van der Waals surface area contributed by atoms with Crippen LogP contribution in [0.4, 0.5) is 5.82 Å². The molecule has 1 aromatic carbocycles. The highest BCUT2D eigenvalue weighted by Gasteiger charge is 2.27. The Labute approximate surface area is 151 Å². The van der Waals surface area contributed by atoms with Crippen molar-refractivity contribution in [2.24, 2.45) is 0 Å². The van der Waals surface area contributed by atoms with Gasteiger partial charge in [0.2, 0.25) is 10.0 Å². The minimum Gasteiger partial charge on any atom is -0.365 e. The number of fused-ring (bicyclic) bond motifs is 1. The molecule has 0 aliphatic carbocycles. The lowest BCUT2D eigenvalue weighted by atomic mass is 10.2. The number of anilines is 1. The number of nitrogens with one attached hydrogen (secondary N) is 1. The summed E-state index contributed by atoms with van der Waals surface area (Å²) in [5.74, 6) is 0.788. The van der Waals surface area contributed by atoms with E-state index in [9.17, 15) is 8.42 Å². The van der Waals surface area contributed by atoms with Gasteiger partial charge in [-0.25, -0.2) is 13.4 Å². The molecule has 7 heteroatoms. The minimum absolute atomic E-state index is 0.350. The molecule has 0 unspecified atom stereocenters. The number of sulfonamides is 1. The van der Waals surface area contributed by atoms with E-state index >= 15 is 0 Å². The third-order valence-electron chi connectivity index (χ3n) is 4.39. The maximum Gasteiger partial charge on any atom is 0.243 e. The van der Waals surface area contributed by atoms with Crippen LogP contribution in [-0.4, -0.2) is 30.8 Å². The first-order chi connectivity index (χ1) is 12.1. The molecular formula is C18H19N3O2S2.